The quantitative estimate of drug-likeness (QED) is 0.0222. The number of aliphatic hydroxyl groups is 1. The second-order valence-corrected chi connectivity index (χ2v) is 31.7. The molecule has 0 aliphatic carbocycles. The Kier molecular flexibility index (Phi) is 65.2. The summed E-state index contributed by atoms with van der Waals surface area (Å²) in [5.41, 5.74) is 0. The number of hydrogen-bond acceptors (Lipinski definition) is 15. The van der Waals surface area contributed by atoms with Crippen molar-refractivity contribution in [2.75, 3.05) is 39.6 Å². The van der Waals surface area contributed by atoms with E-state index >= 15 is 0 Å². The van der Waals surface area contributed by atoms with Crippen LogP contribution in [0.25, 0.3) is 0 Å². The van der Waals surface area contributed by atoms with E-state index in [2.05, 4.69) is 48.5 Å². The maximum Gasteiger partial charge on any atom is 0.472 e. The summed E-state index contributed by atoms with van der Waals surface area (Å²) >= 11 is 0. The summed E-state index contributed by atoms with van der Waals surface area (Å²) in [5.74, 6) is 0.174. The zero-order valence-electron chi connectivity index (χ0n) is 62.1. The van der Waals surface area contributed by atoms with Gasteiger partial charge in [0, 0.05) is 25.7 Å². The van der Waals surface area contributed by atoms with Crippen LogP contribution >= 0.6 is 15.6 Å². The highest BCUT2D eigenvalue weighted by atomic mass is 31.2. The van der Waals surface area contributed by atoms with Gasteiger partial charge in [-0.3, -0.25) is 37.3 Å². The molecule has 17 nitrogen and oxygen atoms in total. The van der Waals surface area contributed by atoms with Crippen molar-refractivity contribution in [3.8, 4) is 0 Å². The van der Waals surface area contributed by atoms with Crippen LogP contribution in [-0.4, -0.2) is 96.7 Å². The lowest BCUT2D eigenvalue weighted by Crippen LogP contribution is -2.30. The number of phosphoric acid groups is 2. The third-order valence-electron chi connectivity index (χ3n) is 17.6. The normalized spacial score (nSPS) is 14.1. The molecule has 2 unspecified atom stereocenters. The minimum absolute atomic E-state index is 0.106. The van der Waals surface area contributed by atoms with Crippen molar-refractivity contribution in [1.82, 2.24) is 0 Å². The predicted octanol–water partition coefficient (Wildman–Crippen LogP) is 22.2. The monoisotopic (exact) mass is 1400 g/mol. The lowest BCUT2D eigenvalue weighted by molar-refractivity contribution is -0.161. The summed E-state index contributed by atoms with van der Waals surface area (Å²) in [6.07, 6.45) is 52.7. The summed E-state index contributed by atoms with van der Waals surface area (Å²) in [6.45, 7) is 11.9. The topological polar surface area (TPSA) is 237 Å². The molecule has 5 atom stereocenters. The molecule has 0 saturated heterocycles. The lowest BCUT2D eigenvalue weighted by atomic mass is 10.0. The molecule has 3 N–H and O–H groups in total. The standard InChI is InChI=1S/C76H148O17P2/c1-8-9-10-11-12-13-14-24-30-37-45-52-59-75(80)93-72(64-87-74(79)58-51-44-39-32-35-42-49-56-69(6)7)66-91-95(84,85)89-62-70(77)61-88-94(82,83)90-65-71(63-86-73(78)57-50-43-36-29-25-21-17-19-23-28-34-41-48-55-68(4)5)92-76(81)60-53-46-38-31-26-20-16-15-18-22-27-33-40-47-54-67(2)3/h67-72,77H,8-66H2,1-7H3,(H,82,83)(H,84,85)/t70-,71-,72-/m1/s1. The number of carbonyl (C=O) groups excluding carboxylic acids is 4. The molecule has 0 saturated carbocycles. The van der Waals surface area contributed by atoms with Gasteiger partial charge in [0.1, 0.15) is 19.3 Å². The molecular formula is C76H148O17P2. The Balaban J connectivity index is 5.24. The highest BCUT2D eigenvalue weighted by Gasteiger charge is 2.30. The second kappa shape index (κ2) is 66.6. The molecule has 0 rings (SSSR count). The van der Waals surface area contributed by atoms with E-state index in [4.69, 9.17) is 37.0 Å². The van der Waals surface area contributed by atoms with Gasteiger partial charge >= 0.3 is 39.5 Å². The van der Waals surface area contributed by atoms with E-state index < -0.39 is 97.5 Å². The van der Waals surface area contributed by atoms with Crippen molar-refractivity contribution in [1.29, 1.82) is 0 Å². The highest BCUT2D eigenvalue weighted by molar-refractivity contribution is 7.47. The van der Waals surface area contributed by atoms with Gasteiger partial charge in [-0.2, -0.15) is 0 Å². The Morgan fingerprint density at radius 2 is 0.484 bits per heavy atom. The van der Waals surface area contributed by atoms with E-state index in [-0.39, 0.29) is 25.7 Å². The SMILES string of the molecule is CCCCCCCCCCCCCCC(=O)O[C@H](COC(=O)CCCCCCCCCC(C)C)COP(=O)(O)OC[C@H](O)COP(=O)(O)OC[C@@H](COC(=O)CCCCCCCCCCCCCCCC(C)C)OC(=O)CCCCCCCCCCCCCCCCC(C)C. The van der Waals surface area contributed by atoms with Crippen LogP contribution in [0.4, 0.5) is 0 Å². The number of ether oxygens (including phenoxy) is 4. The molecule has 0 spiro atoms. The van der Waals surface area contributed by atoms with Crippen molar-refractivity contribution in [2.24, 2.45) is 17.8 Å². The summed E-state index contributed by atoms with van der Waals surface area (Å²) in [7, 11) is -9.91. The van der Waals surface area contributed by atoms with Crippen molar-refractivity contribution in [2.45, 2.75) is 407 Å². The largest absolute Gasteiger partial charge is 0.472 e. The fraction of sp³-hybridized carbons (Fsp3) is 0.947. The lowest BCUT2D eigenvalue weighted by Gasteiger charge is -2.21. The van der Waals surface area contributed by atoms with E-state index in [0.29, 0.717) is 31.6 Å². The number of rotatable bonds is 74. The van der Waals surface area contributed by atoms with Crippen LogP contribution in [0.5, 0.6) is 0 Å². The van der Waals surface area contributed by atoms with Gasteiger partial charge < -0.3 is 33.8 Å². The van der Waals surface area contributed by atoms with Gasteiger partial charge in [-0.1, -0.05) is 337 Å². The van der Waals surface area contributed by atoms with Crippen molar-refractivity contribution >= 4 is 39.5 Å². The molecule has 0 amide bonds. The van der Waals surface area contributed by atoms with Crippen LogP contribution in [0.1, 0.15) is 389 Å². The average Bonchev–Trinajstić information content (AvgIpc) is 3.75. The molecule has 0 aliphatic heterocycles. The Morgan fingerprint density at radius 3 is 0.716 bits per heavy atom. The second-order valence-electron chi connectivity index (χ2n) is 28.8. The molecule has 95 heavy (non-hydrogen) atoms. The van der Waals surface area contributed by atoms with Gasteiger partial charge in [0.05, 0.1) is 26.4 Å². The fourth-order valence-electron chi connectivity index (χ4n) is 11.6. The van der Waals surface area contributed by atoms with Crippen LogP contribution in [0.3, 0.4) is 0 Å². The minimum Gasteiger partial charge on any atom is -0.462 e. The Bertz CT molecular complexity index is 1850. The van der Waals surface area contributed by atoms with Crippen LogP contribution in [0, 0.1) is 17.8 Å². The fourth-order valence-corrected chi connectivity index (χ4v) is 13.2. The number of unbranched alkanes of at least 4 members (excludes halogenated alkanes) is 42. The average molecular weight is 1400 g/mol. The third kappa shape index (κ3) is 70.3. The van der Waals surface area contributed by atoms with Gasteiger partial charge in [0.2, 0.25) is 0 Å². The smallest absolute Gasteiger partial charge is 0.462 e. The number of hydrogen-bond donors (Lipinski definition) is 3. The van der Waals surface area contributed by atoms with Gasteiger partial charge in [0.15, 0.2) is 12.2 Å². The number of phosphoric ester groups is 2. The Labute approximate surface area is 581 Å². The number of carbonyl (C=O) groups is 4. The molecule has 0 aliphatic rings. The van der Waals surface area contributed by atoms with E-state index in [1.165, 1.54) is 193 Å². The van der Waals surface area contributed by atoms with Gasteiger partial charge in [-0.25, -0.2) is 9.13 Å². The first-order valence-corrected chi connectivity index (χ1v) is 42.3. The summed E-state index contributed by atoms with van der Waals surface area (Å²) in [4.78, 5) is 72.8. The molecule has 0 fully saturated rings. The van der Waals surface area contributed by atoms with E-state index in [1.54, 1.807) is 0 Å². The van der Waals surface area contributed by atoms with Gasteiger partial charge in [-0.15, -0.1) is 0 Å². The van der Waals surface area contributed by atoms with Crippen molar-refractivity contribution in [3.63, 3.8) is 0 Å². The summed E-state index contributed by atoms with van der Waals surface area (Å²) in [6, 6.07) is 0. The van der Waals surface area contributed by atoms with Crippen LogP contribution in [0.15, 0.2) is 0 Å². The third-order valence-corrected chi connectivity index (χ3v) is 19.5. The first-order chi connectivity index (χ1) is 45.7. The molecule has 19 heteroatoms. The maximum absolute atomic E-state index is 13.1. The molecule has 0 radical (unpaired) electrons. The molecule has 0 aromatic carbocycles. The number of esters is 4. The van der Waals surface area contributed by atoms with Crippen molar-refractivity contribution in [3.05, 3.63) is 0 Å². The van der Waals surface area contributed by atoms with Gasteiger partial charge in [-0.05, 0) is 43.4 Å². The summed E-state index contributed by atoms with van der Waals surface area (Å²) in [5, 5.41) is 10.6. The highest BCUT2D eigenvalue weighted by Crippen LogP contribution is 2.45. The maximum atomic E-state index is 13.1. The van der Waals surface area contributed by atoms with Crippen LogP contribution < -0.4 is 0 Å². The van der Waals surface area contributed by atoms with Crippen LogP contribution in [-0.2, 0) is 65.4 Å². The predicted molar refractivity (Wildman–Crippen MR) is 386 cm³/mol. The zero-order valence-corrected chi connectivity index (χ0v) is 63.9. The molecule has 0 aromatic heterocycles. The molecule has 0 aromatic rings. The van der Waals surface area contributed by atoms with Gasteiger partial charge in [0.25, 0.3) is 0 Å². The molecule has 0 heterocycles. The van der Waals surface area contributed by atoms with Crippen molar-refractivity contribution < 1.29 is 80.2 Å². The number of aliphatic hydroxyl groups excluding tert-OH is 1. The van der Waals surface area contributed by atoms with E-state index in [9.17, 15) is 43.2 Å². The zero-order chi connectivity index (χ0) is 70.1. The van der Waals surface area contributed by atoms with E-state index in [0.717, 1.165) is 108 Å². The Hall–Kier alpha value is -1.94. The minimum atomic E-state index is -4.96. The molecule has 0 bridgehead atoms. The molecular weight excluding hydrogens is 1250 g/mol. The first kappa shape index (κ1) is 93.1. The first-order valence-electron chi connectivity index (χ1n) is 39.3. The summed E-state index contributed by atoms with van der Waals surface area (Å²) < 4.78 is 68.5. The molecule has 564 valence electrons. The van der Waals surface area contributed by atoms with E-state index in [1.807, 2.05) is 0 Å². The van der Waals surface area contributed by atoms with Crippen LogP contribution in [0.2, 0.25) is 0 Å². The Morgan fingerprint density at radius 1 is 0.284 bits per heavy atom.